The molecular formula is C12H6ClF4N3O. The lowest BCUT2D eigenvalue weighted by Crippen LogP contribution is -2.16. The van der Waals surface area contributed by atoms with Crippen LogP contribution in [-0.2, 0) is 6.18 Å². The second-order valence-corrected chi connectivity index (χ2v) is 4.26. The van der Waals surface area contributed by atoms with Gasteiger partial charge in [0.05, 0.1) is 23.6 Å². The van der Waals surface area contributed by atoms with Gasteiger partial charge in [0.25, 0.3) is 5.91 Å². The molecule has 1 amide bonds. The average molecular weight is 320 g/mol. The third-order valence-electron chi connectivity index (χ3n) is 2.38. The predicted molar refractivity (Wildman–Crippen MR) is 66.4 cm³/mol. The molecule has 1 aromatic carbocycles. The first-order valence-electron chi connectivity index (χ1n) is 5.43. The molecule has 1 N–H and O–H groups in total. The van der Waals surface area contributed by atoms with Crippen molar-refractivity contribution < 1.29 is 22.4 Å². The minimum absolute atomic E-state index is 0.0767. The summed E-state index contributed by atoms with van der Waals surface area (Å²) in [6.45, 7) is 0. The van der Waals surface area contributed by atoms with Gasteiger partial charge in [0.15, 0.2) is 0 Å². The van der Waals surface area contributed by atoms with E-state index >= 15 is 0 Å². The van der Waals surface area contributed by atoms with E-state index in [4.69, 9.17) is 11.6 Å². The number of benzene rings is 1. The first-order valence-corrected chi connectivity index (χ1v) is 5.81. The number of nitrogens with zero attached hydrogens (tertiary/aromatic N) is 2. The highest BCUT2D eigenvalue weighted by atomic mass is 35.5. The quantitative estimate of drug-likeness (QED) is 0.861. The number of carbonyl (C=O) groups is 1. The number of aromatic nitrogens is 2. The molecule has 0 atom stereocenters. The summed E-state index contributed by atoms with van der Waals surface area (Å²) in [5.74, 6) is -1.94. The number of carbonyl (C=O) groups excluding carboxylic acids is 1. The molecule has 1 aromatic heterocycles. The Morgan fingerprint density at radius 2 is 1.95 bits per heavy atom. The minimum atomic E-state index is -4.65. The Bertz CT molecular complexity index is 690. The molecule has 0 spiro atoms. The molecule has 0 saturated heterocycles. The Hall–Kier alpha value is -2.22. The SMILES string of the molecule is O=C(Nc1cc(C(F)(F)F)ccc1F)c1cncc(Cl)n1. The summed E-state index contributed by atoms with van der Waals surface area (Å²) in [6.07, 6.45) is -2.43. The highest BCUT2D eigenvalue weighted by Gasteiger charge is 2.31. The van der Waals surface area contributed by atoms with Crippen molar-refractivity contribution in [3.63, 3.8) is 0 Å². The Morgan fingerprint density at radius 1 is 1.24 bits per heavy atom. The van der Waals surface area contributed by atoms with Crippen LogP contribution in [0.2, 0.25) is 5.15 Å². The summed E-state index contributed by atoms with van der Waals surface area (Å²) in [7, 11) is 0. The molecule has 110 valence electrons. The van der Waals surface area contributed by atoms with Gasteiger partial charge in [-0.15, -0.1) is 0 Å². The number of halogens is 5. The van der Waals surface area contributed by atoms with Crippen molar-refractivity contribution in [1.29, 1.82) is 0 Å². The first-order chi connectivity index (χ1) is 9.77. The third kappa shape index (κ3) is 3.66. The second-order valence-electron chi connectivity index (χ2n) is 3.87. The predicted octanol–water partition coefficient (Wildman–Crippen LogP) is 3.54. The number of alkyl halides is 3. The van der Waals surface area contributed by atoms with E-state index in [1.807, 2.05) is 5.32 Å². The van der Waals surface area contributed by atoms with Crippen LogP contribution in [0.25, 0.3) is 0 Å². The highest BCUT2D eigenvalue weighted by molar-refractivity contribution is 6.29. The smallest absolute Gasteiger partial charge is 0.318 e. The van der Waals surface area contributed by atoms with Crippen molar-refractivity contribution in [3.05, 3.63) is 52.8 Å². The maximum absolute atomic E-state index is 13.5. The standard InChI is InChI=1S/C12H6ClF4N3O/c13-10-5-18-4-9(19-10)11(21)20-8-3-6(12(15,16)17)1-2-7(8)14/h1-5H,(H,20,21). The maximum Gasteiger partial charge on any atom is 0.416 e. The summed E-state index contributed by atoms with van der Waals surface area (Å²) < 4.78 is 51.1. The zero-order valence-corrected chi connectivity index (χ0v) is 10.8. The number of anilines is 1. The molecule has 0 fully saturated rings. The maximum atomic E-state index is 13.5. The highest BCUT2D eigenvalue weighted by Crippen LogP contribution is 2.31. The number of hydrogen-bond donors (Lipinski definition) is 1. The number of nitrogens with one attached hydrogen (secondary N) is 1. The van der Waals surface area contributed by atoms with E-state index in [0.29, 0.717) is 18.2 Å². The molecule has 4 nitrogen and oxygen atoms in total. The van der Waals surface area contributed by atoms with Crippen LogP contribution in [0.15, 0.2) is 30.6 Å². The number of rotatable bonds is 2. The number of amides is 1. The number of hydrogen-bond acceptors (Lipinski definition) is 3. The van der Waals surface area contributed by atoms with Crippen LogP contribution in [0.1, 0.15) is 16.1 Å². The van der Waals surface area contributed by atoms with Crippen LogP contribution in [0.5, 0.6) is 0 Å². The van der Waals surface area contributed by atoms with Crippen LogP contribution in [0, 0.1) is 5.82 Å². The van der Waals surface area contributed by atoms with Crippen molar-refractivity contribution in [2.75, 3.05) is 5.32 Å². The van der Waals surface area contributed by atoms with E-state index < -0.39 is 29.2 Å². The molecule has 0 aliphatic heterocycles. The Labute approximate surface area is 120 Å². The topological polar surface area (TPSA) is 54.9 Å². The summed E-state index contributed by atoms with van der Waals surface area (Å²) in [5, 5.41) is 1.91. The molecule has 0 unspecified atom stereocenters. The van der Waals surface area contributed by atoms with E-state index in [1.54, 1.807) is 0 Å². The van der Waals surface area contributed by atoms with Gasteiger partial charge in [0, 0.05) is 0 Å². The third-order valence-corrected chi connectivity index (χ3v) is 2.56. The van der Waals surface area contributed by atoms with Crippen LogP contribution in [-0.4, -0.2) is 15.9 Å². The van der Waals surface area contributed by atoms with E-state index in [1.165, 1.54) is 6.20 Å². The minimum Gasteiger partial charge on any atom is -0.318 e. The molecule has 0 radical (unpaired) electrons. The molecule has 0 aliphatic carbocycles. The largest absolute Gasteiger partial charge is 0.416 e. The Kier molecular flexibility index (Phi) is 4.08. The monoisotopic (exact) mass is 319 g/mol. The molecule has 1 heterocycles. The fraction of sp³-hybridized carbons (Fsp3) is 0.0833. The molecule has 9 heteroatoms. The lowest BCUT2D eigenvalue weighted by molar-refractivity contribution is -0.137. The zero-order chi connectivity index (χ0) is 15.6. The van der Waals surface area contributed by atoms with Gasteiger partial charge in [0.1, 0.15) is 16.7 Å². The van der Waals surface area contributed by atoms with Crippen molar-refractivity contribution in [3.8, 4) is 0 Å². The first kappa shape index (κ1) is 15.2. The summed E-state index contributed by atoms with van der Waals surface area (Å²) in [5.41, 5.74) is -1.95. The van der Waals surface area contributed by atoms with Gasteiger partial charge in [-0.05, 0) is 18.2 Å². The van der Waals surface area contributed by atoms with E-state index in [9.17, 15) is 22.4 Å². The van der Waals surface area contributed by atoms with Gasteiger partial charge in [-0.3, -0.25) is 9.78 Å². The van der Waals surface area contributed by atoms with E-state index in [0.717, 1.165) is 6.20 Å². The van der Waals surface area contributed by atoms with Crippen molar-refractivity contribution in [2.45, 2.75) is 6.18 Å². The average Bonchev–Trinajstić information content (AvgIpc) is 2.40. The Morgan fingerprint density at radius 3 is 2.57 bits per heavy atom. The molecule has 0 bridgehead atoms. The van der Waals surface area contributed by atoms with Gasteiger partial charge in [-0.2, -0.15) is 13.2 Å². The fourth-order valence-corrected chi connectivity index (χ4v) is 1.58. The van der Waals surface area contributed by atoms with E-state index in [-0.39, 0.29) is 10.8 Å². The zero-order valence-electron chi connectivity index (χ0n) is 10.1. The van der Waals surface area contributed by atoms with Gasteiger partial charge < -0.3 is 5.32 Å². The lowest BCUT2D eigenvalue weighted by atomic mass is 10.2. The lowest BCUT2D eigenvalue weighted by Gasteiger charge is -2.10. The van der Waals surface area contributed by atoms with Crippen LogP contribution >= 0.6 is 11.6 Å². The van der Waals surface area contributed by atoms with Crippen molar-refractivity contribution in [2.24, 2.45) is 0 Å². The summed E-state index contributed by atoms with van der Waals surface area (Å²) >= 11 is 5.53. The van der Waals surface area contributed by atoms with Crippen LogP contribution in [0.3, 0.4) is 0 Å². The normalized spacial score (nSPS) is 11.3. The Balaban J connectivity index is 2.29. The molecule has 2 rings (SSSR count). The van der Waals surface area contributed by atoms with Gasteiger partial charge >= 0.3 is 6.18 Å². The molecule has 0 aliphatic rings. The second kappa shape index (κ2) is 5.65. The molecular weight excluding hydrogens is 314 g/mol. The van der Waals surface area contributed by atoms with Gasteiger partial charge in [0.2, 0.25) is 0 Å². The molecule has 21 heavy (non-hydrogen) atoms. The van der Waals surface area contributed by atoms with Crippen molar-refractivity contribution in [1.82, 2.24) is 9.97 Å². The molecule has 0 saturated carbocycles. The van der Waals surface area contributed by atoms with Gasteiger partial charge in [-0.1, -0.05) is 11.6 Å². The fourth-order valence-electron chi connectivity index (χ4n) is 1.44. The van der Waals surface area contributed by atoms with Crippen molar-refractivity contribution >= 4 is 23.2 Å². The summed E-state index contributed by atoms with van der Waals surface area (Å²) in [6, 6.07) is 1.68. The van der Waals surface area contributed by atoms with Crippen LogP contribution in [0.4, 0.5) is 23.2 Å². The van der Waals surface area contributed by atoms with E-state index in [2.05, 4.69) is 9.97 Å². The summed E-state index contributed by atoms with van der Waals surface area (Å²) in [4.78, 5) is 19.0. The molecule has 2 aromatic rings. The van der Waals surface area contributed by atoms with Crippen LogP contribution < -0.4 is 5.32 Å². The van der Waals surface area contributed by atoms with Gasteiger partial charge in [-0.25, -0.2) is 9.37 Å².